The fraction of sp³-hybridized carbons (Fsp3) is 0.0952. The van der Waals surface area contributed by atoms with Crippen LogP contribution in [0.3, 0.4) is 0 Å². The molecule has 0 fully saturated rings. The average Bonchev–Trinajstić information content (AvgIpc) is 2.79. The lowest BCUT2D eigenvalue weighted by Gasteiger charge is -2.10. The van der Waals surface area contributed by atoms with Gasteiger partial charge < -0.3 is 9.47 Å². The largest absolute Gasteiger partial charge is 0.493 e. The van der Waals surface area contributed by atoms with E-state index < -0.39 is 27.2 Å². The summed E-state index contributed by atoms with van der Waals surface area (Å²) in [7, 11) is -2.87. The van der Waals surface area contributed by atoms with Gasteiger partial charge in [0, 0.05) is 11.1 Å². The second-order valence-corrected chi connectivity index (χ2v) is 8.83. The molecule has 0 amide bonds. The third kappa shape index (κ3) is 6.77. The number of rotatable bonds is 10. The van der Waals surface area contributed by atoms with Crippen LogP contribution in [0.4, 0.5) is 25.8 Å². The molecule has 0 radical (unpaired) electrons. The van der Waals surface area contributed by atoms with Crippen molar-refractivity contribution in [1.29, 1.82) is 0 Å². The van der Waals surface area contributed by atoms with Crippen LogP contribution in [0.5, 0.6) is 11.5 Å². The predicted molar refractivity (Wildman–Crippen MR) is 126 cm³/mol. The number of benzene rings is 3. The summed E-state index contributed by atoms with van der Waals surface area (Å²) in [6, 6.07) is 13.2. The fourth-order valence-electron chi connectivity index (χ4n) is 2.82. The highest BCUT2D eigenvalue weighted by molar-refractivity contribution is 7.92. The van der Waals surface area contributed by atoms with Crippen LogP contribution in [0.1, 0.15) is 5.56 Å². The van der Waals surface area contributed by atoms with E-state index in [2.05, 4.69) is 20.0 Å². The number of nitro benzene ring substituents is 1. The van der Waals surface area contributed by atoms with Gasteiger partial charge in [-0.3, -0.25) is 20.3 Å². The first kappa shape index (κ1) is 25.6. The molecule has 0 aliphatic heterocycles. The lowest BCUT2D eigenvalue weighted by Crippen LogP contribution is -2.13. The van der Waals surface area contributed by atoms with Crippen molar-refractivity contribution in [2.24, 2.45) is 5.10 Å². The number of nitrogens with one attached hydrogen (secondary N) is 2. The number of hydrazone groups is 1. The Morgan fingerprint density at radius 2 is 1.89 bits per heavy atom. The number of nitro groups is 1. The molecule has 0 aliphatic rings. The molecule has 14 heteroatoms. The molecule has 0 spiro atoms. The van der Waals surface area contributed by atoms with Crippen LogP contribution < -0.4 is 19.6 Å². The number of anilines is 2. The lowest BCUT2D eigenvalue weighted by molar-refractivity contribution is -0.384. The van der Waals surface area contributed by atoms with Gasteiger partial charge in [-0.2, -0.15) is 13.9 Å². The van der Waals surface area contributed by atoms with Gasteiger partial charge in [0.1, 0.15) is 5.69 Å². The summed E-state index contributed by atoms with van der Waals surface area (Å²) in [5, 5.41) is 15.7. The maximum absolute atomic E-state index is 12.7. The van der Waals surface area contributed by atoms with Gasteiger partial charge in [-0.15, -0.1) is 0 Å². The Hall–Kier alpha value is -3.97. The predicted octanol–water partition coefficient (Wildman–Crippen LogP) is 5.11. The minimum atomic E-state index is -4.15. The van der Waals surface area contributed by atoms with E-state index in [4.69, 9.17) is 16.3 Å². The molecule has 0 unspecified atom stereocenters. The summed E-state index contributed by atoms with van der Waals surface area (Å²) in [4.78, 5) is 10.4. The number of methoxy groups -OCH3 is 1. The third-order valence-corrected chi connectivity index (χ3v) is 5.97. The minimum Gasteiger partial charge on any atom is -0.493 e. The Balaban J connectivity index is 1.81. The van der Waals surface area contributed by atoms with Gasteiger partial charge in [0.05, 0.1) is 28.8 Å². The summed E-state index contributed by atoms with van der Waals surface area (Å²) in [5.41, 5.74) is 2.43. The first-order chi connectivity index (χ1) is 16.6. The van der Waals surface area contributed by atoms with Crippen LogP contribution in [0, 0.1) is 10.1 Å². The second kappa shape index (κ2) is 11.0. The molecule has 10 nitrogen and oxygen atoms in total. The maximum atomic E-state index is 12.7. The van der Waals surface area contributed by atoms with Crippen LogP contribution in [0.25, 0.3) is 0 Å². The standard InChI is InChI=1S/C21H17ClF2N4O6S/c1-33-20-9-13(5-8-19(20)34-21(23)24)12-25-26-17-7-6-16(11-18(17)28(29)30)35(31,32)27-15-4-2-3-14(22)10-15/h2-12,21,26-27H,1H3. The van der Waals surface area contributed by atoms with E-state index in [1.807, 2.05) is 0 Å². The molecule has 2 N–H and O–H groups in total. The van der Waals surface area contributed by atoms with Crippen molar-refractivity contribution < 1.29 is 31.6 Å². The van der Waals surface area contributed by atoms with E-state index in [1.54, 1.807) is 12.1 Å². The molecule has 0 aromatic heterocycles. The van der Waals surface area contributed by atoms with Crippen molar-refractivity contribution in [1.82, 2.24) is 0 Å². The molecule has 184 valence electrons. The summed E-state index contributed by atoms with van der Waals surface area (Å²) in [5.74, 6) is -0.145. The Morgan fingerprint density at radius 3 is 2.54 bits per heavy atom. The summed E-state index contributed by atoms with van der Waals surface area (Å²) < 4.78 is 61.8. The van der Waals surface area contributed by atoms with Gasteiger partial charge >= 0.3 is 6.61 Å². The van der Waals surface area contributed by atoms with Crippen LogP contribution in [-0.4, -0.2) is 33.3 Å². The van der Waals surface area contributed by atoms with E-state index in [0.29, 0.717) is 10.6 Å². The van der Waals surface area contributed by atoms with Crippen molar-refractivity contribution >= 4 is 44.9 Å². The smallest absolute Gasteiger partial charge is 0.387 e. The zero-order chi connectivity index (χ0) is 25.6. The molecule has 3 rings (SSSR count). The Labute approximate surface area is 203 Å². The van der Waals surface area contributed by atoms with Gasteiger partial charge in [0.25, 0.3) is 15.7 Å². The Kier molecular flexibility index (Phi) is 8.04. The Morgan fingerprint density at radius 1 is 1.11 bits per heavy atom. The monoisotopic (exact) mass is 526 g/mol. The Bertz CT molecular complexity index is 1370. The summed E-state index contributed by atoms with van der Waals surface area (Å²) >= 11 is 5.86. The van der Waals surface area contributed by atoms with Crippen LogP contribution in [0.2, 0.25) is 5.02 Å². The number of halogens is 3. The zero-order valence-electron chi connectivity index (χ0n) is 17.8. The fourth-order valence-corrected chi connectivity index (χ4v) is 4.08. The van der Waals surface area contributed by atoms with E-state index in [1.165, 1.54) is 49.7 Å². The van der Waals surface area contributed by atoms with Gasteiger partial charge in [-0.05, 0) is 54.1 Å². The summed E-state index contributed by atoms with van der Waals surface area (Å²) in [6.07, 6.45) is 1.25. The molecular formula is C21H17ClF2N4O6S. The zero-order valence-corrected chi connectivity index (χ0v) is 19.4. The SMILES string of the molecule is COc1cc(C=NNc2ccc(S(=O)(=O)Nc3cccc(Cl)c3)cc2[N+](=O)[O-])ccc1OC(F)F. The summed E-state index contributed by atoms with van der Waals surface area (Å²) in [6.45, 7) is -3.03. The second-order valence-electron chi connectivity index (χ2n) is 6.71. The molecule has 0 atom stereocenters. The number of nitrogens with zero attached hydrogens (tertiary/aromatic N) is 2. The highest BCUT2D eigenvalue weighted by Gasteiger charge is 2.22. The normalized spacial score (nSPS) is 11.5. The molecular weight excluding hydrogens is 510 g/mol. The first-order valence-corrected chi connectivity index (χ1v) is 11.4. The van der Waals surface area contributed by atoms with E-state index >= 15 is 0 Å². The molecule has 0 heterocycles. The first-order valence-electron chi connectivity index (χ1n) is 9.58. The average molecular weight is 527 g/mol. The van der Waals surface area contributed by atoms with Gasteiger partial charge in [0.15, 0.2) is 11.5 Å². The van der Waals surface area contributed by atoms with Crippen molar-refractivity contribution in [3.63, 3.8) is 0 Å². The highest BCUT2D eigenvalue weighted by atomic mass is 35.5. The van der Waals surface area contributed by atoms with Gasteiger partial charge in [0.2, 0.25) is 0 Å². The molecule has 3 aromatic carbocycles. The number of hydrogen-bond donors (Lipinski definition) is 2. The molecule has 3 aromatic rings. The molecule has 35 heavy (non-hydrogen) atoms. The van der Waals surface area contributed by atoms with Gasteiger partial charge in [-0.1, -0.05) is 17.7 Å². The molecule has 0 bridgehead atoms. The van der Waals surface area contributed by atoms with E-state index in [0.717, 1.165) is 12.1 Å². The van der Waals surface area contributed by atoms with Crippen molar-refractivity contribution in [3.05, 3.63) is 81.4 Å². The van der Waals surface area contributed by atoms with Crippen LogP contribution >= 0.6 is 11.6 Å². The highest BCUT2D eigenvalue weighted by Crippen LogP contribution is 2.30. The van der Waals surface area contributed by atoms with Crippen molar-refractivity contribution in [2.75, 3.05) is 17.3 Å². The molecule has 0 saturated heterocycles. The van der Waals surface area contributed by atoms with Crippen molar-refractivity contribution in [3.8, 4) is 11.5 Å². The van der Waals surface area contributed by atoms with E-state index in [9.17, 15) is 27.3 Å². The topological polar surface area (TPSA) is 132 Å². The van der Waals surface area contributed by atoms with Crippen LogP contribution in [-0.2, 0) is 10.0 Å². The van der Waals surface area contributed by atoms with Crippen molar-refractivity contribution in [2.45, 2.75) is 11.5 Å². The van der Waals surface area contributed by atoms with Gasteiger partial charge in [-0.25, -0.2) is 8.42 Å². The number of sulfonamides is 1. The van der Waals surface area contributed by atoms with Crippen LogP contribution in [0.15, 0.2) is 70.7 Å². The quantitative estimate of drug-likeness (QED) is 0.213. The maximum Gasteiger partial charge on any atom is 0.387 e. The minimum absolute atomic E-state index is 0.0296. The molecule has 0 aliphatic carbocycles. The lowest BCUT2D eigenvalue weighted by atomic mass is 10.2. The number of hydrogen-bond acceptors (Lipinski definition) is 8. The number of alkyl halides is 2. The third-order valence-electron chi connectivity index (χ3n) is 4.36. The van der Waals surface area contributed by atoms with E-state index in [-0.39, 0.29) is 27.8 Å². The molecule has 0 saturated carbocycles. The number of ether oxygens (including phenoxy) is 2.